The van der Waals surface area contributed by atoms with Crippen molar-refractivity contribution in [1.29, 1.82) is 0 Å². The first-order valence-electron chi connectivity index (χ1n) is 10.6. The molecule has 0 fully saturated rings. The van der Waals surface area contributed by atoms with E-state index in [1.54, 1.807) is 0 Å². The Morgan fingerprint density at radius 2 is 0.548 bits per heavy atom. The zero-order valence-electron chi connectivity index (χ0n) is 17.9. The first-order chi connectivity index (χ1) is 15.2. The van der Waals surface area contributed by atoms with Crippen LogP contribution in [0.2, 0.25) is 0 Å². The van der Waals surface area contributed by atoms with Crippen LogP contribution in [0.5, 0.6) is 34.5 Å². The summed E-state index contributed by atoms with van der Waals surface area (Å²) in [4.78, 5) is 0. The Hall–Kier alpha value is -3.72. The standard InChI is InChI=1S/C28H26O3/c1-3-21-5-9-23(10-6-21)29-25-13-17-27(18-14-25)31-28-19-15-26(16-20-28)30-24-11-7-22(4-2)8-12-24/h5-20H,3-4H2,1-2H3. The highest BCUT2D eigenvalue weighted by molar-refractivity contribution is 5.40. The lowest BCUT2D eigenvalue weighted by atomic mass is 10.2. The lowest BCUT2D eigenvalue weighted by Crippen LogP contribution is -1.88. The van der Waals surface area contributed by atoms with E-state index >= 15 is 0 Å². The van der Waals surface area contributed by atoms with Crippen molar-refractivity contribution in [1.82, 2.24) is 0 Å². The van der Waals surface area contributed by atoms with E-state index in [4.69, 9.17) is 14.2 Å². The molecule has 0 saturated heterocycles. The molecule has 0 aliphatic carbocycles. The molecule has 0 bridgehead atoms. The smallest absolute Gasteiger partial charge is 0.127 e. The summed E-state index contributed by atoms with van der Waals surface area (Å²) in [5, 5.41) is 0. The van der Waals surface area contributed by atoms with Gasteiger partial charge in [-0.15, -0.1) is 0 Å². The monoisotopic (exact) mass is 410 g/mol. The van der Waals surface area contributed by atoms with Crippen LogP contribution in [0.25, 0.3) is 0 Å². The Bertz CT molecular complexity index is 990. The third kappa shape index (κ3) is 5.67. The van der Waals surface area contributed by atoms with Gasteiger partial charge in [0.25, 0.3) is 0 Å². The van der Waals surface area contributed by atoms with Gasteiger partial charge in [0.2, 0.25) is 0 Å². The van der Waals surface area contributed by atoms with Crippen LogP contribution in [0, 0.1) is 0 Å². The fraction of sp³-hybridized carbons (Fsp3) is 0.143. The van der Waals surface area contributed by atoms with E-state index in [-0.39, 0.29) is 0 Å². The lowest BCUT2D eigenvalue weighted by molar-refractivity contribution is 0.464. The van der Waals surface area contributed by atoms with Gasteiger partial charge in [-0.2, -0.15) is 0 Å². The van der Waals surface area contributed by atoms with Gasteiger partial charge in [-0.1, -0.05) is 38.1 Å². The maximum absolute atomic E-state index is 5.94. The van der Waals surface area contributed by atoms with E-state index in [1.807, 2.05) is 72.8 Å². The molecule has 156 valence electrons. The second-order valence-electron chi connectivity index (χ2n) is 7.24. The molecule has 0 aliphatic rings. The Morgan fingerprint density at radius 1 is 0.355 bits per heavy atom. The predicted octanol–water partition coefficient (Wildman–Crippen LogP) is 8.19. The third-order valence-corrected chi connectivity index (χ3v) is 5.02. The third-order valence-electron chi connectivity index (χ3n) is 5.02. The van der Waals surface area contributed by atoms with E-state index in [0.29, 0.717) is 0 Å². The normalized spacial score (nSPS) is 10.5. The van der Waals surface area contributed by atoms with Crippen molar-refractivity contribution in [3.63, 3.8) is 0 Å². The molecular formula is C28H26O3. The Kier molecular flexibility index (Phi) is 6.53. The van der Waals surface area contributed by atoms with E-state index in [1.165, 1.54) is 11.1 Å². The summed E-state index contributed by atoms with van der Waals surface area (Å²) >= 11 is 0. The molecule has 0 atom stereocenters. The highest BCUT2D eigenvalue weighted by Gasteiger charge is 2.03. The quantitative estimate of drug-likeness (QED) is 0.293. The summed E-state index contributed by atoms with van der Waals surface area (Å²) < 4.78 is 17.7. The molecule has 0 unspecified atom stereocenters. The van der Waals surface area contributed by atoms with Crippen molar-refractivity contribution < 1.29 is 14.2 Å². The molecule has 0 radical (unpaired) electrons. The zero-order chi connectivity index (χ0) is 21.5. The van der Waals surface area contributed by atoms with Crippen LogP contribution in [-0.4, -0.2) is 0 Å². The highest BCUT2D eigenvalue weighted by Crippen LogP contribution is 2.29. The summed E-state index contributed by atoms with van der Waals surface area (Å²) in [6, 6.07) is 31.5. The molecule has 0 heterocycles. The van der Waals surface area contributed by atoms with Gasteiger partial charge >= 0.3 is 0 Å². The van der Waals surface area contributed by atoms with Gasteiger partial charge in [-0.05, 0) is 96.8 Å². The summed E-state index contributed by atoms with van der Waals surface area (Å²) in [7, 11) is 0. The lowest BCUT2D eigenvalue weighted by Gasteiger charge is -2.10. The molecule has 31 heavy (non-hydrogen) atoms. The number of hydrogen-bond acceptors (Lipinski definition) is 3. The van der Waals surface area contributed by atoms with Crippen LogP contribution < -0.4 is 14.2 Å². The molecule has 0 saturated carbocycles. The van der Waals surface area contributed by atoms with Gasteiger partial charge in [0.15, 0.2) is 0 Å². The first kappa shape index (κ1) is 20.5. The van der Waals surface area contributed by atoms with Crippen LogP contribution in [0.4, 0.5) is 0 Å². The minimum absolute atomic E-state index is 0.748. The Balaban J connectivity index is 1.34. The van der Waals surface area contributed by atoms with Gasteiger partial charge in [0.1, 0.15) is 34.5 Å². The molecule has 4 aromatic carbocycles. The molecule has 0 N–H and O–H groups in total. The highest BCUT2D eigenvalue weighted by atomic mass is 16.5. The molecule has 3 nitrogen and oxygen atoms in total. The first-order valence-corrected chi connectivity index (χ1v) is 10.6. The van der Waals surface area contributed by atoms with Crippen molar-refractivity contribution in [2.75, 3.05) is 0 Å². The predicted molar refractivity (Wildman–Crippen MR) is 125 cm³/mol. The molecule has 4 rings (SSSR count). The second-order valence-corrected chi connectivity index (χ2v) is 7.24. The summed E-state index contributed by atoms with van der Waals surface area (Å²) in [6.07, 6.45) is 2.04. The topological polar surface area (TPSA) is 27.7 Å². The summed E-state index contributed by atoms with van der Waals surface area (Å²) in [6.45, 7) is 4.28. The molecule has 3 heteroatoms. The van der Waals surface area contributed by atoms with Crippen molar-refractivity contribution in [2.24, 2.45) is 0 Å². The number of rotatable bonds is 8. The van der Waals surface area contributed by atoms with Crippen molar-refractivity contribution in [3.05, 3.63) is 108 Å². The summed E-state index contributed by atoms with van der Waals surface area (Å²) in [5.41, 5.74) is 2.59. The Labute approximate surface area is 183 Å². The van der Waals surface area contributed by atoms with Gasteiger partial charge in [0, 0.05) is 0 Å². The largest absolute Gasteiger partial charge is 0.457 e. The van der Waals surface area contributed by atoms with E-state index in [9.17, 15) is 0 Å². The number of hydrogen-bond donors (Lipinski definition) is 0. The van der Waals surface area contributed by atoms with Gasteiger partial charge in [-0.3, -0.25) is 0 Å². The van der Waals surface area contributed by atoms with Crippen molar-refractivity contribution in [3.8, 4) is 34.5 Å². The molecular weight excluding hydrogens is 384 g/mol. The fourth-order valence-electron chi connectivity index (χ4n) is 3.15. The SMILES string of the molecule is CCc1ccc(Oc2ccc(Oc3ccc(Oc4ccc(CC)cc4)cc3)cc2)cc1. The summed E-state index contributed by atoms with van der Waals surface area (Å²) in [5.74, 6) is 4.69. The van der Waals surface area contributed by atoms with Gasteiger partial charge in [0.05, 0.1) is 0 Å². The number of ether oxygens (including phenoxy) is 3. The maximum atomic E-state index is 5.94. The zero-order valence-corrected chi connectivity index (χ0v) is 17.9. The minimum Gasteiger partial charge on any atom is -0.457 e. The molecule has 4 aromatic rings. The van der Waals surface area contributed by atoms with Crippen LogP contribution in [-0.2, 0) is 12.8 Å². The second kappa shape index (κ2) is 9.86. The molecule has 0 aliphatic heterocycles. The van der Waals surface area contributed by atoms with E-state index < -0.39 is 0 Å². The average molecular weight is 411 g/mol. The van der Waals surface area contributed by atoms with Crippen LogP contribution in [0.1, 0.15) is 25.0 Å². The number of benzene rings is 4. The molecule has 0 spiro atoms. The van der Waals surface area contributed by atoms with Crippen LogP contribution in [0.3, 0.4) is 0 Å². The van der Waals surface area contributed by atoms with E-state index in [0.717, 1.165) is 47.3 Å². The average Bonchev–Trinajstić information content (AvgIpc) is 2.82. The Morgan fingerprint density at radius 3 is 0.742 bits per heavy atom. The minimum atomic E-state index is 0.748. The number of aryl methyl sites for hydroxylation is 2. The van der Waals surface area contributed by atoms with Crippen molar-refractivity contribution in [2.45, 2.75) is 26.7 Å². The maximum Gasteiger partial charge on any atom is 0.127 e. The van der Waals surface area contributed by atoms with Gasteiger partial charge in [-0.25, -0.2) is 0 Å². The van der Waals surface area contributed by atoms with Gasteiger partial charge < -0.3 is 14.2 Å². The molecule has 0 amide bonds. The van der Waals surface area contributed by atoms with Crippen molar-refractivity contribution >= 4 is 0 Å². The van der Waals surface area contributed by atoms with Crippen LogP contribution in [0.15, 0.2) is 97.1 Å². The fourth-order valence-corrected chi connectivity index (χ4v) is 3.15. The molecule has 0 aromatic heterocycles. The van der Waals surface area contributed by atoms with E-state index in [2.05, 4.69) is 38.1 Å². The van der Waals surface area contributed by atoms with Crippen LogP contribution >= 0.6 is 0 Å².